The average Bonchev–Trinajstić information content (AvgIpc) is 3.27. The number of alkyl halides is 2. The summed E-state index contributed by atoms with van der Waals surface area (Å²) in [6.07, 6.45) is -2.83. The largest absolute Gasteiger partial charge is 0.454 e. The van der Waals surface area contributed by atoms with Gasteiger partial charge in [-0.25, -0.2) is 27.0 Å². The molecule has 3 aromatic rings. The Bertz CT molecular complexity index is 1130. The maximum atomic E-state index is 13.3. The fourth-order valence-corrected chi connectivity index (χ4v) is 3.54. The van der Waals surface area contributed by atoms with Gasteiger partial charge in [-0.15, -0.1) is 0 Å². The number of nitrogens with zero attached hydrogens (tertiary/aromatic N) is 2. The van der Waals surface area contributed by atoms with Crippen LogP contribution in [0.15, 0.2) is 53.4 Å². The highest BCUT2D eigenvalue weighted by Crippen LogP contribution is 2.37. The summed E-state index contributed by atoms with van der Waals surface area (Å²) in [5.41, 5.74) is 0.342. The minimum Gasteiger partial charge on any atom is -0.454 e. The first-order valence-corrected chi connectivity index (χ1v) is 9.29. The van der Waals surface area contributed by atoms with Crippen LogP contribution in [0.2, 0.25) is 0 Å². The third-order valence-corrected chi connectivity index (χ3v) is 4.98. The van der Waals surface area contributed by atoms with E-state index in [4.69, 9.17) is 14.6 Å². The van der Waals surface area contributed by atoms with Crippen molar-refractivity contribution in [2.24, 2.45) is 5.14 Å². The van der Waals surface area contributed by atoms with Gasteiger partial charge < -0.3 is 9.47 Å². The van der Waals surface area contributed by atoms with Crippen LogP contribution in [0.25, 0.3) is 16.9 Å². The summed E-state index contributed by atoms with van der Waals surface area (Å²) in [5.74, 6) is 0.988. The second-order valence-corrected chi connectivity index (χ2v) is 7.28. The maximum absolute atomic E-state index is 13.3. The molecule has 1 aromatic heterocycles. The number of sulfonamides is 1. The number of aromatic nitrogens is 2. The van der Waals surface area contributed by atoms with E-state index in [-0.39, 0.29) is 23.1 Å². The van der Waals surface area contributed by atoms with Crippen molar-refractivity contribution in [3.8, 4) is 28.4 Å². The molecule has 140 valence electrons. The van der Waals surface area contributed by atoms with Crippen LogP contribution < -0.4 is 14.6 Å². The van der Waals surface area contributed by atoms with Crippen molar-refractivity contribution in [2.45, 2.75) is 11.3 Å². The summed E-state index contributed by atoms with van der Waals surface area (Å²) in [5, 5.41) is 9.17. The quantitative estimate of drug-likeness (QED) is 0.735. The molecular formula is C17H13F2N3O4S. The van der Waals surface area contributed by atoms with Gasteiger partial charge in [0, 0.05) is 5.56 Å². The average molecular weight is 393 g/mol. The Morgan fingerprint density at radius 1 is 1.07 bits per heavy atom. The van der Waals surface area contributed by atoms with Gasteiger partial charge in [0.25, 0.3) is 6.43 Å². The minimum absolute atomic E-state index is 0.0641. The maximum Gasteiger partial charge on any atom is 0.282 e. The molecular weight excluding hydrogens is 380 g/mol. The van der Waals surface area contributed by atoms with E-state index >= 15 is 0 Å². The minimum atomic E-state index is -4.09. The molecule has 7 nitrogen and oxygen atoms in total. The first kappa shape index (κ1) is 17.4. The lowest BCUT2D eigenvalue weighted by atomic mass is 10.1. The molecule has 0 spiro atoms. The second kappa shape index (κ2) is 6.32. The van der Waals surface area contributed by atoms with E-state index in [1.54, 1.807) is 24.3 Å². The molecule has 0 fully saturated rings. The van der Waals surface area contributed by atoms with Crippen molar-refractivity contribution in [3.63, 3.8) is 0 Å². The molecule has 0 atom stereocenters. The van der Waals surface area contributed by atoms with Crippen LogP contribution in [0.5, 0.6) is 11.5 Å². The number of para-hydroxylation sites is 1. The van der Waals surface area contributed by atoms with Crippen molar-refractivity contribution < 1.29 is 26.7 Å². The van der Waals surface area contributed by atoms with Crippen LogP contribution in [-0.4, -0.2) is 25.0 Å². The van der Waals surface area contributed by atoms with Crippen molar-refractivity contribution >= 4 is 10.0 Å². The van der Waals surface area contributed by atoms with Gasteiger partial charge in [-0.2, -0.15) is 5.10 Å². The van der Waals surface area contributed by atoms with Gasteiger partial charge in [0.2, 0.25) is 16.8 Å². The zero-order chi connectivity index (χ0) is 19.2. The number of hydrogen-bond donors (Lipinski definition) is 1. The van der Waals surface area contributed by atoms with Crippen LogP contribution in [0.1, 0.15) is 12.1 Å². The topological polar surface area (TPSA) is 96.4 Å². The van der Waals surface area contributed by atoms with E-state index in [1.165, 1.54) is 24.3 Å². The molecule has 0 saturated carbocycles. The van der Waals surface area contributed by atoms with Gasteiger partial charge in [0.1, 0.15) is 10.6 Å². The molecule has 2 N–H and O–H groups in total. The van der Waals surface area contributed by atoms with Gasteiger partial charge in [-0.1, -0.05) is 12.1 Å². The number of hydrogen-bond acceptors (Lipinski definition) is 5. The molecule has 0 amide bonds. The third-order valence-electron chi connectivity index (χ3n) is 4.02. The summed E-state index contributed by atoms with van der Waals surface area (Å²) >= 11 is 0. The SMILES string of the molecule is NS(=O)(=O)c1ccccc1-n1nc(C(F)F)cc1-c1ccc2c(c1)OCO2. The predicted molar refractivity (Wildman–Crippen MR) is 91.5 cm³/mol. The molecule has 4 rings (SSSR count). The van der Waals surface area contributed by atoms with Crippen LogP contribution in [0, 0.1) is 0 Å². The Morgan fingerprint density at radius 2 is 1.81 bits per heavy atom. The fourth-order valence-electron chi connectivity index (χ4n) is 2.82. The number of primary sulfonamides is 1. The smallest absolute Gasteiger partial charge is 0.282 e. The summed E-state index contributed by atoms with van der Waals surface area (Å²) in [7, 11) is -4.09. The number of halogens is 2. The summed E-state index contributed by atoms with van der Waals surface area (Å²) < 4.78 is 62.1. The number of rotatable bonds is 4. The Hall–Kier alpha value is -2.98. The summed E-state index contributed by atoms with van der Waals surface area (Å²) in [6.45, 7) is 0.0641. The zero-order valence-electron chi connectivity index (χ0n) is 13.7. The van der Waals surface area contributed by atoms with Crippen molar-refractivity contribution in [3.05, 3.63) is 54.2 Å². The summed E-state index contributed by atoms with van der Waals surface area (Å²) in [4.78, 5) is -0.226. The Balaban J connectivity index is 1.95. The normalized spacial score (nSPS) is 13.3. The fraction of sp³-hybridized carbons (Fsp3) is 0.118. The number of fused-ring (bicyclic) bond motifs is 1. The van der Waals surface area contributed by atoms with E-state index < -0.39 is 22.1 Å². The highest BCUT2D eigenvalue weighted by atomic mass is 32.2. The van der Waals surface area contributed by atoms with Crippen LogP contribution in [0.3, 0.4) is 0 Å². The first-order chi connectivity index (χ1) is 12.8. The molecule has 1 aliphatic rings. The van der Waals surface area contributed by atoms with Gasteiger partial charge in [0.05, 0.1) is 11.4 Å². The Labute approximate surface area is 153 Å². The van der Waals surface area contributed by atoms with E-state index in [1.807, 2.05) is 0 Å². The van der Waals surface area contributed by atoms with Crippen LogP contribution in [0.4, 0.5) is 8.78 Å². The molecule has 2 heterocycles. The van der Waals surface area contributed by atoms with E-state index in [9.17, 15) is 17.2 Å². The highest BCUT2D eigenvalue weighted by Gasteiger charge is 2.23. The lowest BCUT2D eigenvalue weighted by Gasteiger charge is -2.11. The first-order valence-electron chi connectivity index (χ1n) is 7.75. The van der Waals surface area contributed by atoms with Gasteiger partial charge >= 0.3 is 0 Å². The second-order valence-electron chi connectivity index (χ2n) is 5.75. The van der Waals surface area contributed by atoms with E-state index in [0.717, 1.165) is 4.68 Å². The number of ether oxygens (including phenoxy) is 2. The number of nitrogens with two attached hydrogens (primary N) is 1. The highest BCUT2D eigenvalue weighted by molar-refractivity contribution is 7.89. The molecule has 0 radical (unpaired) electrons. The van der Waals surface area contributed by atoms with Crippen molar-refractivity contribution in [1.82, 2.24) is 9.78 Å². The standard InChI is InChI=1S/C17H13F2N3O4S/c18-17(19)11-8-13(10-5-6-14-15(7-10)26-9-25-14)22(21-11)12-3-1-2-4-16(12)27(20,23)24/h1-8,17H,9H2,(H2,20,23,24). The molecule has 10 heteroatoms. The van der Waals surface area contributed by atoms with Gasteiger partial charge in [-0.3, -0.25) is 0 Å². The lowest BCUT2D eigenvalue weighted by Crippen LogP contribution is -2.16. The van der Waals surface area contributed by atoms with Crippen molar-refractivity contribution in [1.29, 1.82) is 0 Å². The Kier molecular flexibility index (Phi) is 4.08. The van der Waals surface area contributed by atoms with Crippen molar-refractivity contribution in [2.75, 3.05) is 6.79 Å². The van der Waals surface area contributed by atoms with Gasteiger partial charge in [0.15, 0.2) is 11.5 Å². The summed E-state index contributed by atoms with van der Waals surface area (Å²) in [6, 6.07) is 11.9. The monoisotopic (exact) mass is 393 g/mol. The number of benzene rings is 2. The molecule has 27 heavy (non-hydrogen) atoms. The van der Waals surface area contributed by atoms with Gasteiger partial charge in [-0.05, 0) is 36.4 Å². The molecule has 0 unspecified atom stereocenters. The molecule has 0 bridgehead atoms. The van der Waals surface area contributed by atoms with Crippen LogP contribution >= 0.6 is 0 Å². The lowest BCUT2D eigenvalue weighted by molar-refractivity contribution is 0.145. The zero-order valence-corrected chi connectivity index (χ0v) is 14.5. The predicted octanol–water partition coefficient (Wildman–Crippen LogP) is 2.85. The molecule has 1 aliphatic heterocycles. The molecule has 0 saturated heterocycles. The molecule has 2 aromatic carbocycles. The van der Waals surface area contributed by atoms with Crippen LogP contribution in [-0.2, 0) is 10.0 Å². The molecule has 0 aliphatic carbocycles. The van der Waals surface area contributed by atoms with E-state index in [2.05, 4.69) is 5.10 Å². The van der Waals surface area contributed by atoms with E-state index in [0.29, 0.717) is 17.1 Å². The Morgan fingerprint density at radius 3 is 2.56 bits per heavy atom. The third kappa shape index (κ3) is 3.13.